The van der Waals surface area contributed by atoms with Crippen LogP contribution in [0.15, 0.2) is 0 Å². The third-order valence-corrected chi connectivity index (χ3v) is 3.94. The molecule has 0 amide bonds. The van der Waals surface area contributed by atoms with E-state index in [0.29, 0.717) is 0 Å². The maximum Gasteiger partial charge on any atom is 0.0786 e. The molecule has 0 fully saturated rings. The molecule has 2 heteroatoms. The number of rotatable bonds is 12. The van der Waals surface area contributed by atoms with E-state index in [4.69, 9.17) is 0 Å². The molecule has 1 nitrogen and oxygen atoms in total. The van der Waals surface area contributed by atoms with Gasteiger partial charge in [-0.2, -0.15) is 0 Å². The molecule has 0 atom stereocenters. The van der Waals surface area contributed by atoms with Crippen LogP contribution in [0.4, 0.5) is 0 Å². The molecule has 0 rings (SSSR count). The first-order valence-electron chi connectivity index (χ1n) is 8.09. The van der Waals surface area contributed by atoms with E-state index in [9.17, 15) is 0 Å². The van der Waals surface area contributed by atoms with Crippen LogP contribution in [0.1, 0.15) is 79.1 Å². The summed E-state index contributed by atoms with van der Waals surface area (Å²) in [4.78, 5) is 0. The highest BCUT2D eigenvalue weighted by molar-refractivity contribution is 5.85. The lowest BCUT2D eigenvalue weighted by molar-refractivity contribution is -0.929. The van der Waals surface area contributed by atoms with Gasteiger partial charge in [0.05, 0.1) is 26.2 Å². The Morgan fingerprint density at radius 3 is 0.889 bits per heavy atom. The zero-order chi connectivity index (χ0) is 13.0. The highest BCUT2D eigenvalue weighted by Crippen LogP contribution is 2.16. The molecule has 0 aliphatic carbocycles. The van der Waals surface area contributed by atoms with Gasteiger partial charge in [-0.25, -0.2) is 0 Å². The number of hydrogen-bond acceptors (Lipinski definition) is 0. The van der Waals surface area contributed by atoms with Crippen molar-refractivity contribution in [1.82, 2.24) is 0 Å². The van der Waals surface area contributed by atoms with Gasteiger partial charge in [-0.15, -0.1) is 12.4 Å². The SMILES string of the molecule is CCCC[N+](CCCC)(CCCC)CCCC.Cl. The fraction of sp³-hybridized carbons (Fsp3) is 1.00. The molecule has 0 aromatic rings. The van der Waals surface area contributed by atoms with Crippen LogP contribution in [0, 0.1) is 0 Å². The Morgan fingerprint density at radius 2 is 0.722 bits per heavy atom. The molecule has 0 N–H and O–H groups in total. The van der Waals surface area contributed by atoms with Gasteiger partial charge in [-0.3, -0.25) is 0 Å². The quantitative estimate of drug-likeness (QED) is 0.418. The van der Waals surface area contributed by atoms with Crippen LogP contribution < -0.4 is 0 Å². The number of hydrogen-bond donors (Lipinski definition) is 0. The van der Waals surface area contributed by atoms with Crippen molar-refractivity contribution >= 4 is 12.4 Å². The molecule has 0 saturated heterocycles. The third kappa shape index (κ3) is 9.22. The van der Waals surface area contributed by atoms with Crippen LogP contribution in [0.3, 0.4) is 0 Å². The van der Waals surface area contributed by atoms with Crippen molar-refractivity contribution in [2.75, 3.05) is 26.2 Å². The Bertz CT molecular complexity index is 122. The summed E-state index contributed by atoms with van der Waals surface area (Å²) >= 11 is 0. The largest absolute Gasteiger partial charge is 0.324 e. The van der Waals surface area contributed by atoms with E-state index in [1.165, 1.54) is 82.0 Å². The molecule has 0 heterocycles. The predicted molar refractivity (Wildman–Crippen MR) is 86.6 cm³/mol. The van der Waals surface area contributed by atoms with Gasteiger partial charge < -0.3 is 4.48 Å². The van der Waals surface area contributed by atoms with E-state index in [0.717, 1.165) is 0 Å². The van der Waals surface area contributed by atoms with Crippen LogP contribution in [0.2, 0.25) is 0 Å². The Morgan fingerprint density at radius 1 is 0.500 bits per heavy atom. The first-order chi connectivity index (χ1) is 8.24. The van der Waals surface area contributed by atoms with Crippen molar-refractivity contribution in [2.24, 2.45) is 0 Å². The Balaban J connectivity index is 0. The smallest absolute Gasteiger partial charge is 0.0786 e. The van der Waals surface area contributed by atoms with Crippen molar-refractivity contribution in [3.05, 3.63) is 0 Å². The van der Waals surface area contributed by atoms with E-state index in [1.54, 1.807) is 0 Å². The average Bonchev–Trinajstić information content (AvgIpc) is 2.37. The molecule has 0 aromatic carbocycles. The average molecular weight is 279 g/mol. The Labute approximate surface area is 122 Å². The zero-order valence-electron chi connectivity index (χ0n) is 13.3. The number of unbranched alkanes of at least 4 members (excludes halogenated alkanes) is 4. The molecule has 0 unspecified atom stereocenters. The zero-order valence-corrected chi connectivity index (χ0v) is 14.2. The van der Waals surface area contributed by atoms with E-state index in [-0.39, 0.29) is 12.4 Å². The van der Waals surface area contributed by atoms with Gasteiger partial charge in [-0.05, 0) is 25.7 Å². The molecule has 0 radical (unpaired) electrons. The number of nitrogens with zero attached hydrogens (tertiary/aromatic N) is 1. The standard InChI is InChI=1S/C16H36N.ClH/c1-5-9-13-17(14-10-6-2,15-11-7-3)16-12-8-4;/h5-16H2,1-4H3;1H/q+1;. The van der Waals surface area contributed by atoms with Gasteiger partial charge >= 0.3 is 0 Å². The van der Waals surface area contributed by atoms with Crippen LogP contribution in [0.25, 0.3) is 0 Å². The van der Waals surface area contributed by atoms with Crippen molar-refractivity contribution in [3.8, 4) is 0 Å². The van der Waals surface area contributed by atoms with E-state index in [1.807, 2.05) is 0 Å². The normalized spacial score (nSPS) is 11.3. The van der Waals surface area contributed by atoms with Gasteiger partial charge in [0.15, 0.2) is 0 Å². The van der Waals surface area contributed by atoms with Crippen molar-refractivity contribution < 1.29 is 4.48 Å². The summed E-state index contributed by atoms with van der Waals surface area (Å²) < 4.78 is 1.42. The second-order valence-corrected chi connectivity index (χ2v) is 5.65. The molecule has 112 valence electrons. The van der Waals surface area contributed by atoms with E-state index < -0.39 is 0 Å². The highest BCUT2D eigenvalue weighted by atomic mass is 35.5. The molecule has 0 saturated carbocycles. The third-order valence-electron chi connectivity index (χ3n) is 3.94. The maximum atomic E-state index is 2.33. The maximum absolute atomic E-state index is 2.33. The second kappa shape index (κ2) is 13.7. The van der Waals surface area contributed by atoms with Gasteiger partial charge in [0, 0.05) is 0 Å². The van der Waals surface area contributed by atoms with Crippen LogP contribution in [-0.4, -0.2) is 30.7 Å². The molecule has 0 spiro atoms. The predicted octanol–water partition coefficient (Wildman–Crippen LogP) is 5.43. The van der Waals surface area contributed by atoms with Gasteiger partial charge in [0.25, 0.3) is 0 Å². The molecular weight excluding hydrogens is 242 g/mol. The first kappa shape index (κ1) is 20.6. The van der Waals surface area contributed by atoms with Crippen LogP contribution in [0.5, 0.6) is 0 Å². The minimum absolute atomic E-state index is 0. The summed E-state index contributed by atoms with van der Waals surface area (Å²) in [7, 11) is 0. The Hall–Kier alpha value is 0.250. The van der Waals surface area contributed by atoms with Gasteiger partial charge in [0.1, 0.15) is 0 Å². The van der Waals surface area contributed by atoms with Gasteiger partial charge in [0.2, 0.25) is 0 Å². The molecule has 18 heavy (non-hydrogen) atoms. The molecule has 0 aromatic heterocycles. The number of halogens is 1. The molecule has 0 aliphatic rings. The number of quaternary nitrogens is 1. The topological polar surface area (TPSA) is 0 Å². The highest BCUT2D eigenvalue weighted by Gasteiger charge is 2.24. The van der Waals surface area contributed by atoms with E-state index in [2.05, 4.69) is 27.7 Å². The summed E-state index contributed by atoms with van der Waals surface area (Å²) in [6.07, 6.45) is 11.1. The first-order valence-corrected chi connectivity index (χ1v) is 8.09. The van der Waals surface area contributed by atoms with Crippen LogP contribution in [-0.2, 0) is 0 Å². The minimum atomic E-state index is 0. The summed E-state index contributed by atoms with van der Waals surface area (Å²) in [6, 6.07) is 0. The van der Waals surface area contributed by atoms with E-state index >= 15 is 0 Å². The van der Waals surface area contributed by atoms with Gasteiger partial charge in [-0.1, -0.05) is 53.4 Å². The van der Waals surface area contributed by atoms with Crippen molar-refractivity contribution in [3.63, 3.8) is 0 Å². The monoisotopic (exact) mass is 278 g/mol. The summed E-state index contributed by atoms with van der Waals surface area (Å²) in [5, 5.41) is 0. The van der Waals surface area contributed by atoms with Crippen LogP contribution >= 0.6 is 12.4 Å². The fourth-order valence-corrected chi connectivity index (χ4v) is 2.64. The molecule has 0 bridgehead atoms. The van der Waals surface area contributed by atoms with Crippen molar-refractivity contribution in [2.45, 2.75) is 79.1 Å². The summed E-state index contributed by atoms with van der Waals surface area (Å²) in [5.41, 5.74) is 0. The van der Waals surface area contributed by atoms with Crippen molar-refractivity contribution in [1.29, 1.82) is 0 Å². The molecular formula is C16H37ClN+. The Kier molecular flexibility index (Phi) is 15.6. The lowest BCUT2D eigenvalue weighted by atomic mass is 10.1. The summed E-state index contributed by atoms with van der Waals surface area (Å²) in [6.45, 7) is 15.0. The fourth-order valence-electron chi connectivity index (χ4n) is 2.64. The lowest BCUT2D eigenvalue weighted by Crippen LogP contribution is -2.50. The second-order valence-electron chi connectivity index (χ2n) is 5.65. The minimum Gasteiger partial charge on any atom is -0.324 e. The lowest BCUT2D eigenvalue weighted by Gasteiger charge is -2.39. The molecule has 0 aliphatic heterocycles. The summed E-state index contributed by atoms with van der Waals surface area (Å²) in [5.74, 6) is 0.